The van der Waals surface area contributed by atoms with Crippen molar-refractivity contribution < 1.29 is 27.9 Å². The van der Waals surface area contributed by atoms with Gasteiger partial charge in [0.15, 0.2) is 0 Å². The first-order valence-electron chi connectivity index (χ1n) is 10.3. The van der Waals surface area contributed by atoms with Crippen molar-refractivity contribution in [1.82, 2.24) is 9.88 Å². The number of aliphatic carboxylic acids is 1. The predicted molar refractivity (Wildman–Crippen MR) is 110 cm³/mol. The lowest BCUT2D eigenvalue weighted by atomic mass is 9.65. The lowest BCUT2D eigenvalue weighted by molar-refractivity contribution is -0.153. The van der Waals surface area contributed by atoms with Gasteiger partial charge in [-0.1, -0.05) is 32.4 Å². The molecule has 0 aromatic carbocycles. The van der Waals surface area contributed by atoms with E-state index in [0.717, 1.165) is 12.3 Å². The van der Waals surface area contributed by atoms with Gasteiger partial charge in [-0.15, -0.1) is 0 Å². The van der Waals surface area contributed by atoms with E-state index < -0.39 is 34.5 Å². The molecule has 31 heavy (non-hydrogen) atoms. The van der Waals surface area contributed by atoms with Gasteiger partial charge in [0.05, 0.1) is 21.9 Å². The second-order valence-electron chi connectivity index (χ2n) is 9.14. The predicted octanol–water partition coefficient (Wildman–Crippen LogP) is 4.32. The van der Waals surface area contributed by atoms with Crippen LogP contribution in [0.5, 0.6) is 0 Å². The molecule has 2 atom stereocenters. The van der Waals surface area contributed by atoms with E-state index in [4.69, 9.17) is 11.6 Å². The topological polar surface area (TPSA) is 73.7 Å². The molecule has 2 heterocycles. The summed E-state index contributed by atoms with van der Waals surface area (Å²) in [4.78, 5) is 32.6. The van der Waals surface area contributed by atoms with Crippen LogP contribution in [-0.4, -0.2) is 53.0 Å². The lowest BCUT2D eigenvalue weighted by Gasteiger charge is -2.42. The third-order valence-corrected chi connectivity index (χ3v) is 7.51. The number of aromatic nitrogens is 1. The van der Waals surface area contributed by atoms with Gasteiger partial charge in [-0.3, -0.25) is 9.59 Å². The summed E-state index contributed by atoms with van der Waals surface area (Å²) in [6.45, 7) is 7.25. The van der Waals surface area contributed by atoms with Crippen molar-refractivity contribution in [3.8, 4) is 0 Å². The molecule has 1 aromatic rings. The van der Waals surface area contributed by atoms with Crippen molar-refractivity contribution in [2.75, 3.05) is 31.1 Å². The van der Waals surface area contributed by atoms with Crippen molar-refractivity contribution in [3.63, 3.8) is 0 Å². The average molecular weight is 462 g/mol. The molecule has 1 aliphatic heterocycles. The second kappa shape index (κ2) is 8.15. The summed E-state index contributed by atoms with van der Waals surface area (Å²) in [5, 5.41) is 9.47. The van der Waals surface area contributed by atoms with Gasteiger partial charge >= 0.3 is 12.1 Å². The van der Waals surface area contributed by atoms with Crippen molar-refractivity contribution in [3.05, 3.63) is 22.8 Å². The Morgan fingerprint density at radius 1 is 1.19 bits per heavy atom. The number of amides is 1. The lowest BCUT2D eigenvalue weighted by Crippen LogP contribution is -2.50. The van der Waals surface area contributed by atoms with Crippen LogP contribution in [0, 0.1) is 16.7 Å². The molecule has 2 aliphatic rings. The van der Waals surface area contributed by atoms with Crippen molar-refractivity contribution in [2.45, 2.75) is 46.2 Å². The number of nitrogens with zero attached hydrogens (tertiary/aromatic N) is 3. The van der Waals surface area contributed by atoms with E-state index in [1.807, 2.05) is 20.8 Å². The van der Waals surface area contributed by atoms with E-state index in [0.29, 0.717) is 45.4 Å². The van der Waals surface area contributed by atoms with Crippen molar-refractivity contribution in [1.29, 1.82) is 0 Å². The molecular weight excluding hydrogens is 435 g/mol. The highest BCUT2D eigenvalue weighted by atomic mass is 35.5. The van der Waals surface area contributed by atoms with Gasteiger partial charge in [0, 0.05) is 32.4 Å². The third kappa shape index (κ3) is 4.21. The molecule has 1 aromatic heterocycles. The van der Waals surface area contributed by atoms with Crippen LogP contribution in [0.15, 0.2) is 12.3 Å². The maximum Gasteiger partial charge on any atom is 0.417 e. The standard InChI is InChI=1S/C21H27ClF3N3O3/c1-19(2)14(17(29)30)5-6-20(19,3)18(31)28-8-4-7-27(9-10-28)16-15(22)11-13(12-26-16)21(23,24)25/h11-12,14H,4-10H2,1-3H3,(H,29,30). The third-order valence-electron chi connectivity index (χ3n) is 7.23. The largest absolute Gasteiger partial charge is 0.481 e. The monoisotopic (exact) mass is 461 g/mol. The van der Waals surface area contributed by atoms with Gasteiger partial charge < -0.3 is 14.9 Å². The molecule has 0 spiro atoms. The number of carboxylic acid groups (broad SMARTS) is 1. The van der Waals surface area contributed by atoms with E-state index in [2.05, 4.69) is 4.98 Å². The maximum atomic E-state index is 13.5. The van der Waals surface area contributed by atoms with Crippen LogP contribution in [0.3, 0.4) is 0 Å². The number of carbonyl (C=O) groups is 2. The average Bonchev–Trinajstić information content (AvgIpc) is 2.82. The quantitative estimate of drug-likeness (QED) is 0.725. The Kier molecular flexibility index (Phi) is 6.21. The highest BCUT2D eigenvalue weighted by Crippen LogP contribution is 2.56. The number of rotatable bonds is 3. The molecule has 3 rings (SSSR count). The molecule has 6 nitrogen and oxygen atoms in total. The molecule has 1 aliphatic carbocycles. The van der Waals surface area contributed by atoms with Crippen molar-refractivity contribution in [2.24, 2.45) is 16.7 Å². The fourth-order valence-corrected chi connectivity index (χ4v) is 5.10. The Labute approximate surface area is 184 Å². The van der Waals surface area contributed by atoms with E-state index in [-0.39, 0.29) is 16.7 Å². The number of alkyl halides is 3. The van der Waals surface area contributed by atoms with Crippen LogP contribution in [0.25, 0.3) is 0 Å². The highest BCUT2D eigenvalue weighted by molar-refractivity contribution is 6.33. The van der Waals surface area contributed by atoms with Crippen LogP contribution in [0.2, 0.25) is 5.02 Å². The Morgan fingerprint density at radius 3 is 2.42 bits per heavy atom. The van der Waals surface area contributed by atoms with E-state index in [1.165, 1.54) is 0 Å². The zero-order valence-electron chi connectivity index (χ0n) is 17.8. The number of carbonyl (C=O) groups excluding carboxylic acids is 1. The molecule has 1 N–H and O–H groups in total. The molecule has 0 bridgehead atoms. The molecular formula is C21H27ClF3N3O3. The molecule has 1 saturated heterocycles. The normalized spacial score (nSPS) is 26.6. The highest BCUT2D eigenvalue weighted by Gasteiger charge is 2.59. The maximum absolute atomic E-state index is 13.5. The van der Waals surface area contributed by atoms with Gasteiger partial charge in [0.25, 0.3) is 0 Å². The number of anilines is 1. The van der Waals surface area contributed by atoms with Gasteiger partial charge in [-0.2, -0.15) is 13.2 Å². The van der Waals surface area contributed by atoms with Crippen LogP contribution >= 0.6 is 11.6 Å². The minimum atomic E-state index is -4.52. The first kappa shape index (κ1) is 23.6. The van der Waals surface area contributed by atoms with Gasteiger partial charge in [0.2, 0.25) is 5.91 Å². The molecule has 0 radical (unpaired) electrons. The minimum absolute atomic E-state index is 0.0745. The fraction of sp³-hybridized carbons (Fsp3) is 0.667. The molecule has 2 unspecified atom stereocenters. The fourth-order valence-electron chi connectivity index (χ4n) is 4.82. The summed E-state index contributed by atoms with van der Waals surface area (Å²) in [7, 11) is 0. The Balaban J connectivity index is 1.75. The number of hydrogen-bond donors (Lipinski definition) is 1. The smallest absolute Gasteiger partial charge is 0.417 e. The zero-order chi connectivity index (χ0) is 23.2. The summed E-state index contributed by atoms with van der Waals surface area (Å²) in [6.07, 6.45) is -2.20. The summed E-state index contributed by atoms with van der Waals surface area (Å²) < 4.78 is 38.6. The van der Waals surface area contributed by atoms with Gasteiger partial charge in [0.1, 0.15) is 5.82 Å². The first-order chi connectivity index (χ1) is 14.3. The zero-order valence-corrected chi connectivity index (χ0v) is 18.6. The number of halogens is 4. The molecule has 1 amide bonds. The van der Waals surface area contributed by atoms with Gasteiger partial charge in [-0.05, 0) is 30.7 Å². The molecule has 10 heteroatoms. The molecule has 1 saturated carbocycles. The molecule has 172 valence electrons. The summed E-state index contributed by atoms with van der Waals surface area (Å²) in [5.74, 6) is -1.27. The number of carboxylic acids is 1. The summed E-state index contributed by atoms with van der Waals surface area (Å²) in [6, 6.07) is 0.867. The number of pyridine rings is 1. The van der Waals surface area contributed by atoms with E-state index in [9.17, 15) is 27.9 Å². The molecule has 2 fully saturated rings. The SMILES string of the molecule is CC1(C(=O)N2CCCN(c3ncc(C(F)(F)F)cc3Cl)CC2)CCC(C(=O)O)C1(C)C. The Bertz CT molecular complexity index is 877. The second-order valence-corrected chi connectivity index (χ2v) is 9.55. The Hall–Kier alpha value is -2.03. The van der Waals surface area contributed by atoms with Crippen LogP contribution < -0.4 is 4.90 Å². The van der Waals surface area contributed by atoms with E-state index in [1.54, 1.807) is 9.80 Å². The van der Waals surface area contributed by atoms with Crippen LogP contribution in [0.4, 0.5) is 19.0 Å². The first-order valence-corrected chi connectivity index (χ1v) is 10.7. The minimum Gasteiger partial charge on any atom is -0.481 e. The van der Waals surface area contributed by atoms with Gasteiger partial charge in [-0.25, -0.2) is 4.98 Å². The summed E-state index contributed by atoms with van der Waals surface area (Å²) >= 11 is 6.09. The van der Waals surface area contributed by atoms with E-state index >= 15 is 0 Å². The van der Waals surface area contributed by atoms with Crippen LogP contribution in [0.1, 0.15) is 45.6 Å². The van der Waals surface area contributed by atoms with Crippen molar-refractivity contribution >= 4 is 29.3 Å². The Morgan fingerprint density at radius 2 is 1.87 bits per heavy atom. The number of hydrogen-bond acceptors (Lipinski definition) is 4. The summed E-state index contributed by atoms with van der Waals surface area (Å²) in [5.41, 5.74) is -2.40. The van der Waals surface area contributed by atoms with Crippen LogP contribution in [-0.2, 0) is 15.8 Å².